The lowest BCUT2D eigenvalue weighted by molar-refractivity contribution is 0.0909. The van der Waals surface area contributed by atoms with Crippen molar-refractivity contribution in [2.45, 2.75) is 45.7 Å². The lowest BCUT2D eigenvalue weighted by Crippen LogP contribution is -2.41. The summed E-state index contributed by atoms with van der Waals surface area (Å²) in [5, 5.41) is 3.08. The molecular weight excluding hydrogens is 216 g/mol. The lowest BCUT2D eigenvalue weighted by atomic mass is 9.87. The summed E-state index contributed by atoms with van der Waals surface area (Å²) < 4.78 is 5.17. The summed E-state index contributed by atoms with van der Waals surface area (Å²) in [5.74, 6) is 0.578. The fraction of sp³-hybridized carbons (Fsp3) is 0.615. The Bertz CT molecular complexity index is 409. The third-order valence-corrected chi connectivity index (χ3v) is 3.68. The SMILES string of the molecule is CC1(C)CCCC1NC(=O)c1coc(CN)c1. The van der Waals surface area contributed by atoms with Gasteiger partial charge in [-0.05, 0) is 24.3 Å². The summed E-state index contributed by atoms with van der Waals surface area (Å²) in [6, 6.07) is 1.96. The molecule has 0 aliphatic heterocycles. The van der Waals surface area contributed by atoms with Gasteiger partial charge in [0.1, 0.15) is 12.0 Å². The summed E-state index contributed by atoms with van der Waals surface area (Å²) in [6.07, 6.45) is 4.87. The van der Waals surface area contributed by atoms with E-state index in [9.17, 15) is 4.79 Å². The minimum Gasteiger partial charge on any atom is -0.467 e. The van der Waals surface area contributed by atoms with Crippen LogP contribution in [0.5, 0.6) is 0 Å². The summed E-state index contributed by atoms with van der Waals surface area (Å²) in [6.45, 7) is 4.72. The molecule has 1 amide bonds. The van der Waals surface area contributed by atoms with Crippen LogP contribution in [0.2, 0.25) is 0 Å². The Morgan fingerprint density at radius 1 is 1.65 bits per heavy atom. The molecule has 1 aliphatic rings. The van der Waals surface area contributed by atoms with Gasteiger partial charge in [0, 0.05) is 6.04 Å². The smallest absolute Gasteiger partial charge is 0.254 e. The molecule has 17 heavy (non-hydrogen) atoms. The molecule has 1 aliphatic carbocycles. The van der Waals surface area contributed by atoms with Crippen LogP contribution in [-0.2, 0) is 6.54 Å². The number of nitrogens with two attached hydrogens (primary N) is 1. The van der Waals surface area contributed by atoms with Crippen LogP contribution in [0.25, 0.3) is 0 Å². The van der Waals surface area contributed by atoms with Gasteiger partial charge in [-0.3, -0.25) is 4.79 Å². The Balaban J connectivity index is 2.02. The van der Waals surface area contributed by atoms with Gasteiger partial charge in [0.25, 0.3) is 5.91 Å². The van der Waals surface area contributed by atoms with Crippen molar-refractivity contribution in [3.63, 3.8) is 0 Å². The van der Waals surface area contributed by atoms with Gasteiger partial charge in [-0.2, -0.15) is 0 Å². The van der Waals surface area contributed by atoms with Crippen LogP contribution in [0.15, 0.2) is 16.7 Å². The molecule has 94 valence electrons. The van der Waals surface area contributed by atoms with Crippen LogP contribution in [0.4, 0.5) is 0 Å². The van der Waals surface area contributed by atoms with E-state index in [2.05, 4.69) is 19.2 Å². The second-order valence-electron chi connectivity index (χ2n) is 5.41. The Morgan fingerprint density at radius 2 is 2.41 bits per heavy atom. The second-order valence-corrected chi connectivity index (χ2v) is 5.41. The standard InChI is InChI=1S/C13H20N2O2/c1-13(2)5-3-4-11(13)15-12(16)9-6-10(7-14)17-8-9/h6,8,11H,3-5,7,14H2,1-2H3,(H,15,16). The van der Waals surface area contributed by atoms with E-state index in [4.69, 9.17) is 10.2 Å². The zero-order chi connectivity index (χ0) is 12.5. The predicted molar refractivity (Wildman–Crippen MR) is 65.5 cm³/mol. The van der Waals surface area contributed by atoms with Crippen LogP contribution in [-0.4, -0.2) is 11.9 Å². The summed E-state index contributed by atoms with van der Waals surface area (Å²) in [4.78, 5) is 12.0. The molecule has 1 fully saturated rings. The minimum absolute atomic E-state index is 0.0616. The Kier molecular flexibility index (Phi) is 3.24. The van der Waals surface area contributed by atoms with Crippen molar-refractivity contribution < 1.29 is 9.21 Å². The molecular formula is C13H20N2O2. The fourth-order valence-corrected chi connectivity index (χ4v) is 2.44. The van der Waals surface area contributed by atoms with Crippen molar-refractivity contribution >= 4 is 5.91 Å². The zero-order valence-corrected chi connectivity index (χ0v) is 10.5. The lowest BCUT2D eigenvalue weighted by Gasteiger charge is -2.27. The van der Waals surface area contributed by atoms with Gasteiger partial charge in [0.15, 0.2) is 0 Å². The van der Waals surface area contributed by atoms with Gasteiger partial charge < -0.3 is 15.5 Å². The predicted octanol–water partition coefficient (Wildman–Crippen LogP) is 2.05. The van der Waals surface area contributed by atoms with Crippen LogP contribution < -0.4 is 11.1 Å². The van der Waals surface area contributed by atoms with Crippen molar-refractivity contribution in [3.8, 4) is 0 Å². The van der Waals surface area contributed by atoms with Gasteiger partial charge in [-0.15, -0.1) is 0 Å². The maximum Gasteiger partial charge on any atom is 0.254 e. The maximum absolute atomic E-state index is 12.0. The Hall–Kier alpha value is -1.29. The summed E-state index contributed by atoms with van der Waals surface area (Å²) >= 11 is 0. The third kappa shape index (κ3) is 2.52. The number of hydrogen-bond donors (Lipinski definition) is 2. The highest BCUT2D eigenvalue weighted by Gasteiger charge is 2.35. The summed E-state index contributed by atoms with van der Waals surface area (Å²) in [7, 11) is 0. The Morgan fingerprint density at radius 3 is 2.94 bits per heavy atom. The average molecular weight is 236 g/mol. The first-order valence-corrected chi connectivity index (χ1v) is 6.11. The van der Waals surface area contributed by atoms with Crippen LogP contribution >= 0.6 is 0 Å². The molecule has 0 radical (unpaired) electrons. The molecule has 1 unspecified atom stereocenters. The van der Waals surface area contributed by atoms with Gasteiger partial charge in [-0.1, -0.05) is 20.3 Å². The van der Waals surface area contributed by atoms with E-state index in [1.807, 2.05) is 0 Å². The first kappa shape index (κ1) is 12.2. The fourth-order valence-electron chi connectivity index (χ4n) is 2.44. The molecule has 0 saturated heterocycles. The monoisotopic (exact) mass is 236 g/mol. The highest BCUT2D eigenvalue weighted by atomic mass is 16.3. The van der Waals surface area contributed by atoms with Gasteiger partial charge in [0.05, 0.1) is 12.1 Å². The van der Waals surface area contributed by atoms with Gasteiger partial charge in [-0.25, -0.2) is 0 Å². The number of hydrogen-bond acceptors (Lipinski definition) is 3. The van der Waals surface area contributed by atoms with E-state index < -0.39 is 0 Å². The van der Waals surface area contributed by atoms with E-state index in [1.165, 1.54) is 12.7 Å². The average Bonchev–Trinajstić information content (AvgIpc) is 2.86. The number of rotatable bonds is 3. The van der Waals surface area contributed by atoms with Crippen molar-refractivity contribution in [2.75, 3.05) is 0 Å². The number of amides is 1. The topological polar surface area (TPSA) is 68.3 Å². The first-order chi connectivity index (χ1) is 8.03. The number of nitrogens with one attached hydrogen (secondary N) is 1. The Labute approximate surface area is 102 Å². The summed E-state index contributed by atoms with van der Waals surface area (Å²) in [5.41, 5.74) is 6.20. The molecule has 1 heterocycles. The highest BCUT2D eigenvalue weighted by Crippen LogP contribution is 2.37. The van der Waals surface area contributed by atoms with E-state index >= 15 is 0 Å². The third-order valence-electron chi connectivity index (χ3n) is 3.68. The van der Waals surface area contributed by atoms with Crippen molar-refractivity contribution in [3.05, 3.63) is 23.7 Å². The molecule has 0 spiro atoms. The zero-order valence-electron chi connectivity index (χ0n) is 10.5. The molecule has 0 aromatic carbocycles. The van der Waals surface area contributed by atoms with E-state index in [0.29, 0.717) is 17.9 Å². The second kappa shape index (κ2) is 4.53. The van der Waals surface area contributed by atoms with Crippen molar-refractivity contribution in [1.82, 2.24) is 5.32 Å². The van der Waals surface area contributed by atoms with E-state index in [1.54, 1.807) is 6.07 Å². The quantitative estimate of drug-likeness (QED) is 0.844. The van der Waals surface area contributed by atoms with Gasteiger partial charge >= 0.3 is 0 Å². The van der Waals surface area contributed by atoms with E-state index in [0.717, 1.165) is 12.8 Å². The van der Waals surface area contributed by atoms with Crippen molar-refractivity contribution in [1.29, 1.82) is 0 Å². The first-order valence-electron chi connectivity index (χ1n) is 6.11. The highest BCUT2D eigenvalue weighted by molar-refractivity contribution is 5.94. The minimum atomic E-state index is -0.0616. The van der Waals surface area contributed by atoms with Crippen molar-refractivity contribution in [2.24, 2.45) is 11.1 Å². The normalized spacial score (nSPS) is 22.6. The van der Waals surface area contributed by atoms with Crippen LogP contribution in [0.3, 0.4) is 0 Å². The van der Waals surface area contributed by atoms with E-state index in [-0.39, 0.29) is 17.4 Å². The molecule has 1 saturated carbocycles. The molecule has 1 aromatic heterocycles. The number of carbonyl (C=O) groups is 1. The molecule has 0 bridgehead atoms. The largest absolute Gasteiger partial charge is 0.467 e. The number of carbonyl (C=O) groups excluding carboxylic acids is 1. The van der Waals surface area contributed by atoms with Gasteiger partial charge in [0.2, 0.25) is 0 Å². The van der Waals surface area contributed by atoms with Crippen LogP contribution in [0, 0.1) is 5.41 Å². The maximum atomic E-state index is 12.0. The molecule has 1 aromatic rings. The van der Waals surface area contributed by atoms with Crippen LogP contribution in [0.1, 0.15) is 49.2 Å². The molecule has 3 N–H and O–H groups in total. The molecule has 4 nitrogen and oxygen atoms in total. The molecule has 4 heteroatoms. The molecule has 2 rings (SSSR count). The molecule has 1 atom stereocenters. The number of furan rings is 1.